The summed E-state index contributed by atoms with van der Waals surface area (Å²) in [6.07, 6.45) is 4.92. The topological polar surface area (TPSA) is 0 Å². The molecule has 0 aliphatic rings. The van der Waals surface area contributed by atoms with Gasteiger partial charge in [-0.1, -0.05) is 56.4 Å². The molecule has 0 aliphatic carbocycles. The molecule has 0 nitrogen and oxygen atoms in total. The maximum absolute atomic E-state index is 15.2. The van der Waals surface area contributed by atoms with E-state index in [0.29, 0.717) is 17.3 Å². The van der Waals surface area contributed by atoms with Crippen LogP contribution < -0.4 is 16.4 Å². The van der Waals surface area contributed by atoms with Gasteiger partial charge in [0.05, 0.1) is 14.7 Å². The molecule has 0 amide bonds. The van der Waals surface area contributed by atoms with Crippen LogP contribution in [0.3, 0.4) is 0 Å². The second kappa shape index (κ2) is 16.1. The Labute approximate surface area is 246 Å². The monoisotopic (exact) mass is 614 g/mol. The van der Waals surface area contributed by atoms with Crippen LogP contribution in [-0.4, -0.2) is 24.0 Å². The second-order valence-corrected chi connectivity index (χ2v) is 12.8. The Kier molecular flexibility index (Phi) is 13.2. The van der Waals surface area contributed by atoms with Crippen LogP contribution in [0.25, 0.3) is 0 Å². The fourth-order valence-corrected chi connectivity index (χ4v) is 7.28. The largest absolute Gasteiger partial charge is 0.242 e. The van der Waals surface area contributed by atoms with E-state index in [-0.39, 0.29) is 31.1 Å². The van der Waals surface area contributed by atoms with Crippen molar-refractivity contribution in [2.45, 2.75) is 74.0 Å². The minimum Gasteiger partial charge on any atom is -0.206 e. The van der Waals surface area contributed by atoms with Crippen LogP contribution >= 0.6 is 35.3 Å². The van der Waals surface area contributed by atoms with Gasteiger partial charge in [-0.25, -0.2) is 26.3 Å². The summed E-state index contributed by atoms with van der Waals surface area (Å²) in [6.45, 7) is 4.70. The molecule has 0 atom stereocenters. The third kappa shape index (κ3) is 8.45. The van der Waals surface area contributed by atoms with Crippen LogP contribution in [0.2, 0.25) is 0 Å². The summed E-state index contributed by atoms with van der Waals surface area (Å²) in [7, 11) is 0. The van der Waals surface area contributed by atoms with E-state index in [4.69, 9.17) is 0 Å². The average molecular weight is 615 g/mol. The molecule has 3 rings (SSSR count). The normalized spacial score (nSPS) is 11.3. The highest BCUT2D eigenvalue weighted by Crippen LogP contribution is 2.29. The highest BCUT2D eigenvalue weighted by atomic mass is 32.2. The van der Waals surface area contributed by atoms with E-state index in [2.05, 4.69) is 0 Å². The van der Waals surface area contributed by atoms with Gasteiger partial charge in [-0.05, 0) is 72.9 Å². The summed E-state index contributed by atoms with van der Waals surface area (Å²) in [6, 6.07) is 6.51. The van der Waals surface area contributed by atoms with E-state index in [1.165, 1.54) is 0 Å². The summed E-state index contributed by atoms with van der Waals surface area (Å²) in [4.78, 5) is -0.469. The molecule has 10 heteroatoms. The molecular weight excluding hydrogens is 581 g/mol. The Morgan fingerprint density at radius 2 is 0.675 bits per heavy atom. The zero-order valence-corrected chi connectivity index (χ0v) is 25.3. The molecule has 0 spiro atoms. The fraction of sp³-hybridized carbons (Fsp3) is 0.400. The van der Waals surface area contributed by atoms with Crippen molar-refractivity contribution < 1.29 is 26.3 Å². The second-order valence-electron chi connectivity index (χ2n) is 9.48. The van der Waals surface area contributed by atoms with Gasteiger partial charge in [-0.2, -0.15) is 0 Å². The lowest BCUT2D eigenvalue weighted by atomic mass is 9.37. The van der Waals surface area contributed by atoms with Crippen molar-refractivity contribution in [3.8, 4) is 0 Å². The lowest BCUT2D eigenvalue weighted by Gasteiger charge is -2.19. The Morgan fingerprint density at radius 3 is 0.875 bits per heavy atom. The molecule has 0 radical (unpaired) electrons. The van der Waals surface area contributed by atoms with Crippen molar-refractivity contribution in [2.75, 3.05) is 17.3 Å². The number of halogens is 6. The molecule has 0 unspecified atom stereocenters. The van der Waals surface area contributed by atoms with Gasteiger partial charge in [-0.15, -0.1) is 35.3 Å². The first-order valence-corrected chi connectivity index (χ1v) is 16.5. The molecule has 0 heterocycles. The average Bonchev–Trinajstić information content (AvgIpc) is 2.89. The van der Waals surface area contributed by atoms with Crippen molar-refractivity contribution in [3.05, 3.63) is 71.3 Å². The van der Waals surface area contributed by atoms with E-state index >= 15 is 26.3 Å². The van der Waals surface area contributed by atoms with Crippen molar-refractivity contribution in [1.29, 1.82) is 0 Å². The summed E-state index contributed by atoms with van der Waals surface area (Å²) >= 11 is 3.14. The first kappa shape index (κ1) is 32.9. The van der Waals surface area contributed by atoms with Gasteiger partial charge in [0, 0.05) is 0 Å². The Morgan fingerprint density at radius 1 is 0.450 bits per heavy atom. The van der Waals surface area contributed by atoms with E-state index in [9.17, 15) is 0 Å². The molecular formula is C30H33BF6S3. The number of thioether (sulfide) groups is 3. The zero-order valence-electron chi connectivity index (χ0n) is 22.9. The van der Waals surface area contributed by atoms with Crippen LogP contribution in [0.15, 0.2) is 51.1 Å². The third-order valence-corrected chi connectivity index (χ3v) is 9.81. The molecule has 40 heavy (non-hydrogen) atoms. The van der Waals surface area contributed by atoms with Crippen molar-refractivity contribution in [3.63, 3.8) is 0 Å². The minimum absolute atomic E-state index is 0.00483. The quantitative estimate of drug-likeness (QED) is 0.0728. The van der Waals surface area contributed by atoms with Crippen LogP contribution in [0.4, 0.5) is 26.3 Å². The molecule has 0 aliphatic heterocycles. The number of hydrogen-bond donors (Lipinski definition) is 0. The van der Waals surface area contributed by atoms with E-state index in [1.54, 1.807) is 0 Å². The molecule has 216 valence electrons. The van der Waals surface area contributed by atoms with E-state index < -0.39 is 41.6 Å². The smallest absolute Gasteiger partial charge is 0.206 e. The van der Waals surface area contributed by atoms with Gasteiger partial charge < -0.3 is 0 Å². The third-order valence-electron chi connectivity index (χ3n) is 6.29. The number of benzene rings is 3. The highest BCUT2D eigenvalue weighted by molar-refractivity contribution is 7.99. The van der Waals surface area contributed by atoms with Crippen molar-refractivity contribution >= 4 is 58.4 Å². The minimum atomic E-state index is -1.21. The summed E-state index contributed by atoms with van der Waals surface area (Å²) in [5, 5.41) is 0. The molecule has 0 aromatic heterocycles. The Hall–Kier alpha value is -1.65. The van der Waals surface area contributed by atoms with Crippen LogP contribution in [0, 0.1) is 34.9 Å². The van der Waals surface area contributed by atoms with Gasteiger partial charge >= 0.3 is 0 Å². The van der Waals surface area contributed by atoms with Crippen LogP contribution in [0.5, 0.6) is 0 Å². The van der Waals surface area contributed by atoms with Gasteiger partial charge in [0.25, 0.3) is 0 Å². The Balaban J connectivity index is 2.13. The van der Waals surface area contributed by atoms with Gasteiger partial charge in [-0.3, -0.25) is 0 Å². The first-order valence-electron chi connectivity index (χ1n) is 13.6. The molecule has 0 fully saturated rings. The van der Waals surface area contributed by atoms with Gasteiger partial charge in [0.1, 0.15) is 34.9 Å². The number of rotatable bonds is 15. The lowest BCUT2D eigenvalue weighted by Crippen LogP contribution is -2.53. The standard InChI is InChI=1S/C30H33BF6S3/c1-4-7-10-38-28-22(32)13-19(14-23(28)33)31(20-15-24(34)29(25(35)16-20)39-11-8-5-2)21-17-26(36)30(27(37)18-21)40-12-9-6-3/h13-18H,4-12H2,1-3H3. The predicted octanol–water partition coefficient (Wildman–Crippen LogP) is 8.71. The Bertz CT molecular complexity index is 1060. The van der Waals surface area contributed by atoms with Crippen molar-refractivity contribution in [2.24, 2.45) is 0 Å². The van der Waals surface area contributed by atoms with E-state index in [0.717, 1.165) is 110 Å². The number of hydrogen-bond acceptors (Lipinski definition) is 3. The lowest BCUT2D eigenvalue weighted by molar-refractivity contribution is 0.542. The SMILES string of the molecule is CCCCSc1c(F)cc(B(c2cc(F)c(SCCCC)c(F)c2)c2cc(F)c(SCCCC)c(F)c2)cc1F. The predicted molar refractivity (Wildman–Crippen MR) is 161 cm³/mol. The molecule has 3 aromatic rings. The zero-order chi connectivity index (χ0) is 29.2. The maximum atomic E-state index is 15.2. The highest BCUT2D eigenvalue weighted by Gasteiger charge is 2.29. The van der Waals surface area contributed by atoms with Crippen LogP contribution in [0.1, 0.15) is 59.3 Å². The maximum Gasteiger partial charge on any atom is 0.242 e. The molecule has 0 bridgehead atoms. The summed E-state index contributed by atoms with van der Waals surface area (Å²) < 4.78 is 90.9. The van der Waals surface area contributed by atoms with Crippen molar-refractivity contribution in [1.82, 2.24) is 0 Å². The van der Waals surface area contributed by atoms with Gasteiger partial charge in [0.2, 0.25) is 6.71 Å². The fourth-order valence-electron chi connectivity index (χ4n) is 4.19. The summed E-state index contributed by atoms with van der Waals surface area (Å²) in [5.74, 6) is -3.43. The summed E-state index contributed by atoms with van der Waals surface area (Å²) in [5.41, 5.74) is 0.0145. The first-order chi connectivity index (χ1) is 19.2. The van der Waals surface area contributed by atoms with Crippen LogP contribution in [-0.2, 0) is 0 Å². The van der Waals surface area contributed by atoms with Gasteiger partial charge in [0.15, 0.2) is 0 Å². The molecule has 0 saturated heterocycles. The molecule has 0 N–H and O–H groups in total. The molecule has 3 aromatic carbocycles. The van der Waals surface area contributed by atoms with E-state index in [1.807, 2.05) is 20.8 Å². The molecule has 0 saturated carbocycles. The number of unbranched alkanes of at least 4 members (excludes halogenated alkanes) is 3.